The summed E-state index contributed by atoms with van der Waals surface area (Å²) in [6.45, 7) is 6.26. The molecule has 37 heavy (non-hydrogen) atoms. The van der Waals surface area contributed by atoms with Crippen molar-refractivity contribution in [3.63, 3.8) is 0 Å². The predicted molar refractivity (Wildman–Crippen MR) is 139 cm³/mol. The van der Waals surface area contributed by atoms with Gasteiger partial charge in [0.2, 0.25) is 0 Å². The van der Waals surface area contributed by atoms with E-state index >= 15 is 0 Å². The van der Waals surface area contributed by atoms with Gasteiger partial charge in [0.25, 0.3) is 11.5 Å². The summed E-state index contributed by atoms with van der Waals surface area (Å²) >= 11 is 0. The van der Waals surface area contributed by atoms with Crippen LogP contribution in [0.3, 0.4) is 0 Å². The normalized spacial score (nSPS) is 22.0. The Morgan fingerprint density at radius 2 is 2.22 bits per heavy atom. The molecule has 4 heterocycles. The first kappa shape index (κ1) is 23.7. The fourth-order valence-corrected chi connectivity index (χ4v) is 6.37. The lowest BCUT2D eigenvalue weighted by atomic mass is 9.83. The second-order valence-corrected chi connectivity index (χ2v) is 10.4. The molecule has 0 radical (unpaired) electrons. The van der Waals surface area contributed by atoms with E-state index in [4.69, 9.17) is 4.74 Å². The number of quaternary nitrogens is 1. The van der Waals surface area contributed by atoms with Gasteiger partial charge in [0.15, 0.2) is 5.69 Å². The van der Waals surface area contributed by atoms with Crippen LogP contribution >= 0.6 is 0 Å². The van der Waals surface area contributed by atoms with Crippen LogP contribution in [0.2, 0.25) is 0 Å². The number of nitrogens with one attached hydrogen (secondary N) is 3. The van der Waals surface area contributed by atoms with Crippen LogP contribution in [-0.4, -0.2) is 46.6 Å². The van der Waals surface area contributed by atoms with Gasteiger partial charge >= 0.3 is 0 Å². The Morgan fingerprint density at radius 3 is 3.11 bits per heavy atom. The van der Waals surface area contributed by atoms with E-state index in [0.717, 1.165) is 80.0 Å². The van der Waals surface area contributed by atoms with Crippen molar-refractivity contribution in [3.8, 4) is 5.75 Å². The minimum atomic E-state index is -0.287. The van der Waals surface area contributed by atoms with Gasteiger partial charge < -0.3 is 14.2 Å². The Kier molecular flexibility index (Phi) is 6.38. The van der Waals surface area contributed by atoms with Gasteiger partial charge in [-0.2, -0.15) is 10.2 Å². The number of likely N-dealkylation sites (tertiary alicyclic amines) is 1. The van der Waals surface area contributed by atoms with Crippen LogP contribution in [0.25, 0.3) is 0 Å². The van der Waals surface area contributed by atoms with Crippen LogP contribution in [0.4, 0.5) is 0 Å². The molecule has 3 unspecified atom stereocenters. The van der Waals surface area contributed by atoms with Crippen molar-refractivity contribution < 1.29 is 14.4 Å². The molecule has 3 atom stereocenters. The molecule has 2 bridgehead atoms. The number of carbonyl (C=O) groups is 1. The van der Waals surface area contributed by atoms with E-state index in [-0.39, 0.29) is 11.5 Å². The number of benzene rings is 1. The maximum atomic E-state index is 12.6. The lowest BCUT2D eigenvalue weighted by Gasteiger charge is -2.40. The monoisotopic (exact) mass is 501 g/mol. The molecular formula is C28H33N6O3+. The van der Waals surface area contributed by atoms with Crippen LogP contribution in [-0.2, 0) is 25.9 Å². The Hall–Kier alpha value is -3.72. The first-order valence-electron chi connectivity index (χ1n) is 13.3. The number of hydrazone groups is 1. The third-order valence-electron chi connectivity index (χ3n) is 7.90. The molecule has 0 spiro atoms. The quantitative estimate of drug-likeness (QED) is 0.336. The molecule has 9 nitrogen and oxygen atoms in total. The summed E-state index contributed by atoms with van der Waals surface area (Å²) in [5.41, 5.74) is 8.46. The summed E-state index contributed by atoms with van der Waals surface area (Å²) in [4.78, 5) is 26.4. The summed E-state index contributed by atoms with van der Waals surface area (Å²) in [5, 5.41) is 11.3. The minimum Gasteiger partial charge on any atom is -0.493 e. The summed E-state index contributed by atoms with van der Waals surface area (Å²) < 4.78 is 7.93. The van der Waals surface area contributed by atoms with Crippen LogP contribution in [0.5, 0.6) is 5.75 Å². The molecule has 2 aromatic heterocycles. The molecule has 9 heteroatoms. The molecule has 2 aliphatic heterocycles. The zero-order valence-electron chi connectivity index (χ0n) is 21.1. The number of H-pyrrole nitrogens is 1. The Morgan fingerprint density at radius 1 is 1.30 bits per heavy atom. The maximum absolute atomic E-state index is 12.6. The van der Waals surface area contributed by atoms with E-state index in [9.17, 15) is 9.59 Å². The van der Waals surface area contributed by atoms with Crippen molar-refractivity contribution in [1.29, 1.82) is 0 Å². The molecular weight excluding hydrogens is 468 g/mol. The van der Waals surface area contributed by atoms with Gasteiger partial charge in [-0.25, -0.2) is 5.43 Å². The molecule has 1 aliphatic carbocycles. The smallest absolute Gasteiger partial charge is 0.292 e. The summed E-state index contributed by atoms with van der Waals surface area (Å²) in [7, 11) is 0. The molecule has 192 valence electrons. The van der Waals surface area contributed by atoms with Gasteiger partial charge in [0, 0.05) is 47.0 Å². The highest BCUT2D eigenvalue weighted by Gasteiger charge is 2.37. The fraction of sp³-hybridized carbons (Fsp3) is 0.429. The molecule has 1 fully saturated rings. The lowest BCUT2D eigenvalue weighted by molar-refractivity contribution is -0.924. The number of pyridine rings is 1. The zero-order chi connectivity index (χ0) is 25.4. The number of aryl methyl sites for hydroxylation is 1. The molecule has 3 N–H and O–H groups in total. The topological polar surface area (TPSA) is 106 Å². The Labute approximate surface area is 215 Å². The molecule has 3 aliphatic rings. The second kappa shape index (κ2) is 9.97. The number of nitrogens with zero attached hydrogens (tertiary/aromatic N) is 3. The van der Waals surface area contributed by atoms with Crippen molar-refractivity contribution in [2.45, 2.75) is 51.6 Å². The van der Waals surface area contributed by atoms with Crippen molar-refractivity contribution in [2.75, 3.05) is 19.7 Å². The molecule has 3 aromatic rings. The van der Waals surface area contributed by atoms with E-state index in [2.05, 4.69) is 32.9 Å². The largest absolute Gasteiger partial charge is 0.493 e. The standard InChI is InChI=1S/C28H32N6O3/c1-2-37-25-10-9-18(13-29-32-28(36)27-22-5-3-6-23(22)30-31-27)11-21(25)17-33-14-19-12-20(16-33)24-7-4-8-26(35)34(24)15-19/h4,7-11,13,19-20H,2-3,5-6,12,14-17H2,1H3,(H,30,31)(H,32,36)/p+1. The minimum absolute atomic E-state index is 0.116. The molecule has 0 saturated carbocycles. The SMILES string of the molecule is CCOc1ccc(C=NNC(=O)c2n[nH]c3c2CCC3)cc1C[NH+]1CC2CC(C1)c1cccc(=O)n1C2. The Balaban J connectivity index is 1.16. The number of hydrogen-bond donors (Lipinski definition) is 3. The lowest BCUT2D eigenvalue weighted by Crippen LogP contribution is -3.13. The molecule has 1 aromatic carbocycles. The fourth-order valence-electron chi connectivity index (χ4n) is 6.37. The first-order chi connectivity index (χ1) is 18.1. The highest BCUT2D eigenvalue weighted by atomic mass is 16.5. The van der Waals surface area contributed by atoms with E-state index in [0.29, 0.717) is 24.1 Å². The van der Waals surface area contributed by atoms with Crippen LogP contribution in [0, 0.1) is 5.92 Å². The second-order valence-electron chi connectivity index (χ2n) is 10.4. The van der Waals surface area contributed by atoms with E-state index in [1.807, 2.05) is 29.7 Å². The number of amides is 1. The number of hydrogen-bond acceptors (Lipinski definition) is 5. The zero-order valence-corrected chi connectivity index (χ0v) is 21.1. The van der Waals surface area contributed by atoms with Gasteiger partial charge in [-0.3, -0.25) is 14.7 Å². The van der Waals surface area contributed by atoms with E-state index < -0.39 is 0 Å². The molecule has 1 amide bonds. The highest BCUT2D eigenvalue weighted by molar-refractivity contribution is 5.94. The van der Waals surface area contributed by atoms with Gasteiger partial charge in [-0.15, -0.1) is 0 Å². The molecule has 1 saturated heterocycles. The van der Waals surface area contributed by atoms with Crippen LogP contribution < -0.4 is 20.6 Å². The van der Waals surface area contributed by atoms with E-state index in [1.165, 1.54) is 10.6 Å². The van der Waals surface area contributed by atoms with Crippen LogP contribution in [0.15, 0.2) is 46.3 Å². The Bertz CT molecular complexity index is 1410. The van der Waals surface area contributed by atoms with Crippen molar-refractivity contribution in [3.05, 3.63) is 80.5 Å². The average Bonchev–Trinajstić information content (AvgIpc) is 3.51. The summed E-state index contributed by atoms with van der Waals surface area (Å²) in [5.74, 6) is 1.50. The average molecular weight is 502 g/mol. The number of rotatable bonds is 7. The first-order valence-corrected chi connectivity index (χ1v) is 13.3. The number of fused-ring (bicyclic) bond motifs is 5. The van der Waals surface area contributed by atoms with Gasteiger partial charge in [-0.05, 0) is 62.4 Å². The van der Waals surface area contributed by atoms with Crippen molar-refractivity contribution >= 4 is 12.1 Å². The molecule has 6 rings (SSSR count). The van der Waals surface area contributed by atoms with Gasteiger partial charge in [-0.1, -0.05) is 6.07 Å². The van der Waals surface area contributed by atoms with Crippen LogP contribution in [0.1, 0.15) is 64.2 Å². The third kappa shape index (κ3) is 4.71. The number of carbonyl (C=O) groups excluding carboxylic acids is 1. The summed E-state index contributed by atoms with van der Waals surface area (Å²) in [6.07, 6.45) is 5.69. The number of ether oxygens (including phenoxy) is 1. The third-order valence-corrected chi connectivity index (χ3v) is 7.90. The number of aromatic nitrogens is 3. The number of aromatic amines is 1. The van der Waals surface area contributed by atoms with Gasteiger partial charge in [0.1, 0.15) is 12.3 Å². The maximum Gasteiger partial charge on any atom is 0.292 e. The highest BCUT2D eigenvalue weighted by Crippen LogP contribution is 2.30. The van der Waals surface area contributed by atoms with Crippen molar-refractivity contribution in [1.82, 2.24) is 20.2 Å². The van der Waals surface area contributed by atoms with Crippen molar-refractivity contribution in [2.24, 2.45) is 11.0 Å². The van der Waals surface area contributed by atoms with E-state index in [1.54, 1.807) is 12.3 Å². The predicted octanol–water partition coefficient (Wildman–Crippen LogP) is 1.42. The van der Waals surface area contributed by atoms with Gasteiger partial charge in [0.05, 0.1) is 25.9 Å². The number of piperidine rings is 1. The summed E-state index contributed by atoms with van der Waals surface area (Å²) in [6, 6.07) is 11.7.